The van der Waals surface area contributed by atoms with Gasteiger partial charge in [0.05, 0.1) is 11.3 Å². The van der Waals surface area contributed by atoms with Crippen molar-refractivity contribution in [2.75, 3.05) is 0 Å². The topological polar surface area (TPSA) is 86.2 Å². The molecule has 2 heterocycles. The van der Waals surface area contributed by atoms with Gasteiger partial charge in [0.15, 0.2) is 0 Å². The van der Waals surface area contributed by atoms with Crippen LogP contribution in [0.2, 0.25) is 0 Å². The highest BCUT2D eigenvalue weighted by atomic mass is 16.4. The molecule has 0 bridgehead atoms. The number of nitrogens with zero attached hydrogens (tertiary/aromatic N) is 1. The zero-order chi connectivity index (χ0) is 13.4. The number of rotatable bonds is 2. The third kappa shape index (κ3) is 1.91. The van der Waals surface area contributed by atoms with Crippen LogP contribution in [0.1, 0.15) is 10.4 Å². The van der Waals surface area contributed by atoms with Crippen molar-refractivity contribution >= 4 is 16.9 Å². The van der Waals surface area contributed by atoms with E-state index in [0.717, 1.165) is 16.5 Å². The Morgan fingerprint density at radius 3 is 2.84 bits per heavy atom. The summed E-state index contributed by atoms with van der Waals surface area (Å²) in [5.74, 6) is -0.811. The van der Waals surface area contributed by atoms with E-state index in [9.17, 15) is 9.90 Å². The van der Waals surface area contributed by atoms with Crippen molar-refractivity contribution in [2.24, 2.45) is 0 Å². The van der Waals surface area contributed by atoms with Crippen LogP contribution in [-0.2, 0) is 0 Å². The van der Waals surface area contributed by atoms with Crippen molar-refractivity contribution in [3.8, 4) is 17.0 Å². The fourth-order valence-corrected chi connectivity index (χ4v) is 2.04. The second-order valence-electron chi connectivity index (χ2n) is 4.17. The maximum absolute atomic E-state index is 11.0. The van der Waals surface area contributed by atoms with Crippen molar-refractivity contribution in [3.05, 3.63) is 48.3 Å². The first-order valence-electron chi connectivity index (χ1n) is 5.65. The van der Waals surface area contributed by atoms with Gasteiger partial charge >= 0.3 is 5.97 Å². The molecule has 0 atom stereocenters. The molecule has 0 aliphatic carbocycles. The van der Waals surface area contributed by atoms with Gasteiger partial charge in [-0.1, -0.05) is 0 Å². The Labute approximate surface area is 108 Å². The van der Waals surface area contributed by atoms with Crippen LogP contribution < -0.4 is 0 Å². The van der Waals surface area contributed by atoms with Crippen LogP contribution in [0.15, 0.2) is 42.7 Å². The number of benzene rings is 1. The number of fused-ring (bicyclic) bond motifs is 1. The maximum atomic E-state index is 11.0. The molecule has 3 N–H and O–H groups in total. The number of hydrogen-bond donors (Lipinski definition) is 3. The van der Waals surface area contributed by atoms with Crippen molar-refractivity contribution in [1.29, 1.82) is 0 Å². The molecule has 19 heavy (non-hydrogen) atoms. The molecule has 1 aromatic carbocycles. The smallest absolute Gasteiger partial charge is 0.335 e. The highest BCUT2D eigenvalue weighted by Crippen LogP contribution is 2.29. The molecular weight excluding hydrogens is 244 g/mol. The molecule has 0 fully saturated rings. The number of aromatic hydroxyl groups is 1. The van der Waals surface area contributed by atoms with Crippen molar-refractivity contribution in [2.45, 2.75) is 0 Å². The average Bonchev–Trinajstić information content (AvgIpc) is 2.81. The van der Waals surface area contributed by atoms with Crippen LogP contribution >= 0.6 is 0 Å². The lowest BCUT2D eigenvalue weighted by atomic mass is 10.1. The number of aromatic amines is 1. The predicted molar refractivity (Wildman–Crippen MR) is 70.2 cm³/mol. The van der Waals surface area contributed by atoms with Gasteiger partial charge in [-0.05, 0) is 24.3 Å². The van der Waals surface area contributed by atoms with E-state index in [2.05, 4.69) is 9.97 Å². The van der Waals surface area contributed by atoms with Gasteiger partial charge in [-0.3, -0.25) is 4.98 Å². The molecular formula is C14H10N2O3. The summed E-state index contributed by atoms with van der Waals surface area (Å²) >= 11 is 0. The normalized spacial score (nSPS) is 10.7. The van der Waals surface area contributed by atoms with Crippen LogP contribution in [0.4, 0.5) is 0 Å². The van der Waals surface area contributed by atoms with Gasteiger partial charge in [0.2, 0.25) is 0 Å². The number of phenols is 1. The number of carboxylic acid groups (broad SMARTS) is 1. The minimum atomic E-state index is -0.985. The van der Waals surface area contributed by atoms with Crippen LogP contribution in [0.5, 0.6) is 5.75 Å². The molecule has 0 unspecified atom stereocenters. The SMILES string of the molecule is O=C(O)c1ccnc(-c2c[nH]c3cc(O)ccc23)c1. The Bertz CT molecular complexity index is 777. The lowest BCUT2D eigenvalue weighted by Gasteiger charge is -2.00. The van der Waals surface area contributed by atoms with Gasteiger partial charge in [-0.15, -0.1) is 0 Å². The fourth-order valence-electron chi connectivity index (χ4n) is 2.04. The molecule has 94 valence electrons. The molecule has 0 aliphatic heterocycles. The number of H-pyrrole nitrogens is 1. The second kappa shape index (κ2) is 4.13. The summed E-state index contributed by atoms with van der Waals surface area (Å²) in [6.07, 6.45) is 3.22. The van der Waals surface area contributed by atoms with Gasteiger partial charge in [0.1, 0.15) is 5.75 Å². The van der Waals surface area contributed by atoms with Crippen molar-refractivity contribution < 1.29 is 15.0 Å². The minimum Gasteiger partial charge on any atom is -0.508 e. The molecule has 0 saturated heterocycles. The Balaban J connectivity index is 2.19. The first-order chi connectivity index (χ1) is 9.15. The van der Waals surface area contributed by atoms with E-state index in [0.29, 0.717) is 5.69 Å². The summed E-state index contributed by atoms with van der Waals surface area (Å²) in [6, 6.07) is 7.94. The third-order valence-electron chi connectivity index (χ3n) is 2.95. The van der Waals surface area contributed by atoms with Crippen LogP contribution in [0.25, 0.3) is 22.2 Å². The van der Waals surface area contributed by atoms with E-state index >= 15 is 0 Å². The summed E-state index contributed by atoms with van der Waals surface area (Å²) in [5, 5.41) is 19.3. The third-order valence-corrected chi connectivity index (χ3v) is 2.95. The number of aromatic nitrogens is 2. The van der Waals surface area contributed by atoms with Gasteiger partial charge in [-0.2, -0.15) is 0 Å². The summed E-state index contributed by atoms with van der Waals surface area (Å²) < 4.78 is 0. The van der Waals surface area contributed by atoms with Gasteiger partial charge in [0, 0.05) is 34.9 Å². The Morgan fingerprint density at radius 2 is 2.05 bits per heavy atom. The summed E-state index contributed by atoms with van der Waals surface area (Å²) in [7, 11) is 0. The van der Waals surface area contributed by atoms with E-state index in [4.69, 9.17) is 5.11 Å². The molecule has 5 nitrogen and oxygen atoms in total. The monoisotopic (exact) mass is 254 g/mol. The molecule has 3 aromatic rings. The second-order valence-corrected chi connectivity index (χ2v) is 4.17. The van der Waals surface area contributed by atoms with E-state index in [1.807, 2.05) is 0 Å². The Hall–Kier alpha value is -2.82. The number of phenolic OH excluding ortho intramolecular Hbond substituents is 1. The highest BCUT2D eigenvalue weighted by Gasteiger charge is 2.10. The zero-order valence-electron chi connectivity index (χ0n) is 9.79. The van der Waals surface area contributed by atoms with Crippen LogP contribution in [0.3, 0.4) is 0 Å². The molecule has 0 aliphatic rings. The predicted octanol–water partition coefficient (Wildman–Crippen LogP) is 2.63. The van der Waals surface area contributed by atoms with Crippen molar-refractivity contribution in [1.82, 2.24) is 9.97 Å². The molecule has 5 heteroatoms. The highest BCUT2D eigenvalue weighted by molar-refractivity contribution is 5.96. The first kappa shape index (κ1) is 11.3. The van der Waals surface area contributed by atoms with E-state index in [1.165, 1.54) is 18.3 Å². The Morgan fingerprint density at radius 1 is 1.21 bits per heavy atom. The van der Waals surface area contributed by atoms with Gasteiger partial charge < -0.3 is 15.2 Å². The number of nitrogens with one attached hydrogen (secondary N) is 1. The summed E-state index contributed by atoms with van der Waals surface area (Å²) in [6.45, 7) is 0. The molecule has 3 rings (SSSR count). The summed E-state index contributed by atoms with van der Waals surface area (Å²) in [4.78, 5) is 18.2. The number of hydrogen-bond acceptors (Lipinski definition) is 3. The molecule has 0 radical (unpaired) electrons. The average molecular weight is 254 g/mol. The number of aromatic carboxylic acids is 1. The fraction of sp³-hybridized carbons (Fsp3) is 0. The van der Waals surface area contributed by atoms with Crippen molar-refractivity contribution in [3.63, 3.8) is 0 Å². The van der Waals surface area contributed by atoms with Gasteiger partial charge in [0.25, 0.3) is 0 Å². The van der Waals surface area contributed by atoms with Crippen LogP contribution in [0, 0.1) is 0 Å². The molecule has 0 saturated carbocycles. The molecule has 0 amide bonds. The quantitative estimate of drug-likeness (QED) is 0.656. The largest absolute Gasteiger partial charge is 0.508 e. The number of carbonyl (C=O) groups is 1. The van der Waals surface area contributed by atoms with E-state index in [1.54, 1.807) is 24.4 Å². The standard InChI is InChI=1S/C14H10N2O3/c17-9-1-2-10-11(7-16-13(10)6-9)12-5-8(14(18)19)3-4-15-12/h1-7,16-17H,(H,18,19). The van der Waals surface area contributed by atoms with E-state index in [-0.39, 0.29) is 11.3 Å². The first-order valence-corrected chi connectivity index (χ1v) is 5.65. The molecule has 2 aromatic heterocycles. The molecule has 0 spiro atoms. The van der Waals surface area contributed by atoms with E-state index < -0.39 is 5.97 Å². The lowest BCUT2D eigenvalue weighted by Crippen LogP contribution is -1.96. The van der Waals surface area contributed by atoms with Gasteiger partial charge in [-0.25, -0.2) is 4.79 Å². The zero-order valence-corrected chi connectivity index (χ0v) is 9.79. The minimum absolute atomic E-state index is 0.174. The number of pyridine rings is 1. The van der Waals surface area contributed by atoms with Crippen LogP contribution in [-0.4, -0.2) is 26.2 Å². The maximum Gasteiger partial charge on any atom is 0.335 e. The Kier molecular flexibility index (Phi) is 2.45. The lowest BCUT2D eigenvalue weighted by molar-refractivity contribution is 0.0697. The summed E-state index contributed by atoms with van der Waals surface area (Å²) in [5.41, 5.74) is 2.35. The number of carboxylic acids is 1.